The van der Waals surface area contributed by atoms with Crippen molar-refractivity contribution in [2.75, 3.05) is 13.1 Å². The van der Waals surface area contributed by atoms with Gasteiger partial charge in [0.25, 0.3) is 0 Å². The van der Waals surface area contributed by atoms with Gasteiger partial charge in [0.05, 0.1) is 11.1 Å². The molecule has 1 aromatic rings. The predicted molar refractivity (Wildman–Crippen MR) is 84.0 cm³/mol. The van der Waals surface area contributed by atoms with Crippen LogP contribution in [0.25, 0.3) is 0 Å². The summed E-state index contributed by atoms with van der Waals surface area (Å²) in [6.07, 6.45) is 2.64. The second-order valence-corrected chi connectivity index (χ2v) is 6.35. The summed E-state index contributed by atoms with van der Waals surface area (Å²) in [5.74, 6) is -0.729. The Morgan fingerprint density at radius 1 is 1.50 bits per heavy atom. The molecule has 22 heavy (non-hydrogen) atoms. The van der Waals surface area contributed by atoms with Gasteiger partial charge in [0.15, 0.2) is 0 Å². The van der Waals surface area contributed by atoms with Gasteiger partial charge < -0.3 is 15.3 Å². The van der Waals surface area contributed by atoms with Crippen molar-refractivity contribution in [1.82, 2.24) is 5.32 Å². The number of nitrogens with one attached hydrogen (secondary N) is 1. The zero-order valence-corrected chi connectivity index (χ0v) is 12.8. The van der Waals surface area contributed by atoms with Crippen molar-refractivity contribution in [3.8, 4) is 0 Å². The van der Waals surface area contributed by atoms with Gasteiger partial charge in [0, 0.05) is 24.9 Å². The lowest BCUT2D eigenvalue weighted by atomic mass is 9.75. The van der Waals surface area contributed by atoms with Crippen LogP contribution in [0.1, 0.15) is 36.8 Å². The Morgan fingerprint density at radius 3 is 3.00 bits per heavy atom. The summed E-state index contributed by atoms with van der Waals surface area (Å²) in [4.78, 5) is 17.3. The van der Waals surface area contributed by atoms with Crippen molar-refractivity contribution >= 4 is 11.7 Å². The lowest BCUT2D eigenvalue weighted by Gasteiger charge is -2.34. The SMILES string of the molecule is Cc1ccccc1C1=NOC(CC2(C(=O)O)CCCNC2)C1. The number of carboxylic acids is 1. The molecule has 2 heterocycles. The minimum atomic E-state index is -0.729. The number of nitrogens with zero attached hydrogens (tertiary/aromatic N) is 1. The average molecular weight is 302 g/mol. The molecule has 2 unspecified atom stereocenters. The Bertz CT molecular complexity index is 591. The van der Waals surface area contributed by atoms with Crippen molar-refractivity contribution in [1.29, 1.82) is 0 Å². The highest BCUT2D eigenvalue weighted by Crippen LogP contribution is 2.35. The Morgan fingerprint density at radius 2 is 2.32 bits per heavy atom. The third-order valence-electron chi connectivity index (χ3n) is 4.73. The molecule has 118 valence electrons. The van der Waals surface area contributed by atoms with Crippen LogP contribution in [-0.2, 0) is 9.63 Å². The number of piperidine rings is 1. The van der Waals surface area contributed by atoms with E-state index in [4.69, 9.17) is 4.84 Å². The zero-order chi connectivity index (χ0) is 15.6. The number of aryl methyl sites for hydroxylation is 1. The molecule has 1 aromatic carbocycles. The average Bonchev–Trinajstić information content (AvgIpc) is 2.96. The molecule has 0 aliphatic carbocycles. The number of oxime groups is 1. The van der Waals surface area contributed by atoms with E-state index >= 15 is 0 Å². The van der Waals surface area contributed by atoms with Crippen molar-refractivity contribution in [2.24, 2.45) is 10.6 Å². The van der Waals surface area contributed by atoms with E-state index in [1.165, 1.54) is 0 Å². The number of carboxylic acid groups (broad SMARTS) is 1. The fourth-order valence-corrected chi connectivity index (χ4v) is 3.44. The van der Waals surface area contributed by atoms with Crippen molar-refractivity contribution in [3.63, 3.8) is 0 Å². The van der Waals surface area contributed by atoms with E-state index in [2.05, 4.69) is 23.5 Å². The number of benzene rings is 1. The zero-order valence-electron chi connectivity index (χ0n) is 12.8. The Hall–Kier alpha value is -1.88. The smallest absolute Gasteiger partial charge is 0.311 e. The van der Waals surface area contributed by atoms with Crippen LogP contribution in [0.5, 0.6) is 0 Å². The molecule has 0 saturated carbocycles. The maximum atomic E-state index is 11.7. The molecule has 2 N–H and O–H groups in total. The molecule has 2 atom stereocenters. The maximum absolute atomic E-state index is 11.7. The molecule has 5 heteroatoms. The van der Waals surface area contributed by atoms with Crippen LogP contribution in [0.3, 0.4) is 0 Å². The fraction of sp³-hybridized carbons (Fsp3) is 0.529. The summed E-state index contributed by atoms with van der Waals surface area (Å²) in [7, 11) is 0. The first-order valence-electron chi connectivity index (χ1n) is 7.83. The van der Waals surface area contributed by atoms with Crippen LogP contribution < -0.4 is 5.32 Å². The van der Waals surface area contributed by atoms with Gasteiger partial charge in [0.2, 0.25) is 0 Å². The molecule has 1 fully saturated rings. The van der Waals surface area contributed by atoms with Crippen LogP contribution in [0.2, 0.25) is 0 Å². The largest absolute Gasteiger partial charge is 0.481 e. The van der Waals surface area contributed by atoms with Gasteiger partial charge in [0.1, 0.15) is 6.10 Å². The highest BCUT2D eigenvalue weighted by molar-refractivity contribution is 6.02. The monoisotopic (exact) mass is 302 g/mol. The normalized spacial score (nSPS) is 28.0. The van der Waals surface area contributed by atoms with E-state index in [1.54, 1.807) is 0 Å². The Kier molecular flexibility index (Phi) is 4.16. The summed E-state index contributed by atoms with van der Waals surface area (Å²) in [6.45, 7) is 3.46. The van der Waals surface area contributed by atoms with Crippen LogP contribution in [0.4, 0.5) is 0 Å². The van der Waals surface area contributed by atoms with Gasteiger partial charge in [-0.05, 0) is 31.9 Å². The van der Waals surface area contributed by atoms with E-state index < -0.39 is 11.4 Å². The third-order valence-corrected chi connectivity index (χ3v) is 4.73. The second kappa shape index (κ2) is 6.08. The maximum Gasteiger partial charge on any atom is 0.311 e. The molecule has 2 aliphatic heterocycles. The number of rotatable bonds is 4. The molecule has 0 aromatic heterocycles. The van der Waals surface area contributed by atoms with Crippen LogP contribution in [0, 0.1) is 12.3 Å². The third kappa shape index (κ3) is 2.86. The highest BCUT2D eigenvalue weighted by atomic mass is 16.6. The molecule has 0 bridgehead atoms. The Labute approximate surface area is 130 Å². The molecule has 0 spiro atoms. The van der Waals surface area contributed by atoms with Gasteiger partial charge in [-0.1, -0.05) is 29.4 Å². The van der Waals surface area contributed by atoms with Gasteiger partial charge in [-0.3, -0.25) is 4.79 Å². The summed E-state index contributed by atoms with van der Waals surface area (Å²) < 4.78 is 0. The number of aliphatic carboxylic acids is 1. The number of hydrogen-bond acceptors (Lipinski definition) is 4. The first-order chi connectivity index (χ1) is 10.6. The molecule has 3 rings (SSSR count). The van der Waals surface area contributed by atoms with Crippen LogP contribution in [-0.4, -0.2) is 36.0 Å². The van der Waals surface area contributed by atoms with E-state index in [0.717, 1.165) is 29.8 Å². The predicted octanol–water partition coefficient (Wildman–Crippen LogP) is 2.33. The minimum absolute atomic E-state index is 0.148. The van der Waals surface area contributed by atoms with E-state index in [-0.39, 0.29) is 6.10 Å². The van der Waals surface area contributed by atoms with Crippen molar-refractivity contribution in [2.45, 2.75) is 38.7 Å². The molecule has 0 radical (unpaired) electrons. The van der Waals surface area contributed by atoms with Gasteiger partial charge >= 0.3 is 5.97 Å². The summed E-state index contributed by atoms with van der Waals surface area (Å²) in [5, 5.41) is 17.1. The van der Waals surface area contributed by atoms with Crippen molar-refractivity contribution < 1.29 is 14.7 Å². The lowest BCUT2D eigenvalue weighted by Crippen LogP contribution is -2.47. The molecular formula is C17H22N2O3. The summed E-state index contributed by atoms with van der Waals surface area (Å²) in [6, 6.07) is 8.08. The second-order valence-electron chi connectivity index (χ2n) is 6.35. The standard InChI is InChI=1S/C17H22N2O3/c1-12-5-2-3-6-14(12)15-9-13(22-19-15)10-17(16(20)21)7-4-8-18-11-17/h2-3,5-6,13,18H,4,7-11H2,1H3,(H,20,21). The minimum Gasteiger partial charge on any atom is -0.481 e. The topological polar surface area (TPSA) is 70.9 Å². The quantitative estimate of drug-likeness (QED) is 0.895. The van der Waals surface area contributed by atoms with Crippen molar-refractivity contribution in [3.05, 3.63) is 35.4 Å². The molecule has 0 amide bonds. The number of hydrogen-bond donors (Lipinski definition) is 2. The molecular weight excluding hydrogens is 280 g/mol. The van der Waals surface area contributed by atoms with Gasteiger partial charge in [-0.15, -0.1) is 0 Å². The first-order valence-corrected chi connectivity index (χ1v) is 7.83. The summed E-state index contributed by atoms with van der Waals surface area (Å²) >= 11 is 0. The van der Waals surface area contributed by atoms with Gasteiger partial charge in [-0.25, -0.2) is 0 Å². The molecule has 2 aliphatic rings. The van der Waals surface area contributed by atoms with Crippen LogP contribution >= 0.6 is 0 Å². The van der Waals surface area contributed by atoms with E-state index in [9.17, 15) is 9.90 Å². The first kappa shape index (κ1) is 15.0. The van der Waals surface area contributed by atoms with Crippen LogP contribution in [0.15, 0.2) is 29.4 Å². The van der Waals surface area contributed by atoms with Gasteiger partial charge in [-0.2, -0.15) is 0 Å². The molecule has 5 nitrogen and oxygen atoms in total. The summed E-state index contributed by atoms with van der Waals surface area (Å²) in [5.41, 5.74) is 2.46. The number of carbonyl (C=O) groups is 1. The molecule has 1 saturated heterocycles. The lowest BCUT2D eigenvalue weighted by molar-refractivity contribution is -0.152. The fourth-order valence-electron chi connectivity index (χ4n) is 3.44. The van der Waals surface area contributed by atoms with E-state index in [0.29, 0.717) is 25.8 Å². The van der Waals surface area contributed by atoms with E-state index in [1.807, 2.05) is 18.2 Å². The Balaban J connectivity index is 1.69. The highest BCUT2D eigenvalue weighted by Gasteiger charge is 2.43.